The van der Waals surface area contributed by atoms with Crippen molar-refractivity contribution in [2.45, 2.75) is 44.4 Å². The highest BCUT2D eigenvalue weighted by Crippen LogP contribution is 2.33. The molecule has 0 aliphatic carbocycles. The molecule has 0 saturated carbocycles. The van der Waals surface area contributed by atoms with Crippen molar-refractivity contribution in [3.8, 4) is 11.1 Å². The maximum atomic E-state index is 10.8. The normalized spacial score (nSPS) is 19.4. The molecule has 134 valence electrons. The van der Waals surface area contributed by atoms with Gasteiger partial charge in [-0.05, 0) is 41.7 Å². The van der Waals surface area contributed by atoms with Gasteiger partial charge in [0.1, 0.15) is 12.3 Å². The van der Waals surface area contributed by atoms with Gasteiger partial charge in [-0.3, -0.25) is 4.90 Å². The number of aliphatic hydroxyl groups is 2. The van der Waals surface area contributed by atoms with Gasteiger partial charge in [0.15, 0.2) is 0 Å². The van der Waals surface area contributed by atoms with Crippen molar-refractivity contribution < 1.29 is 10.2 Å². The number of likely N-dealkylation sites (tertiary alicyclic amines) is 1. The van der Waals surface area contributed by atoms with Crippen LogP contribution in [0.1, 0.15) is 37.7 Å². The first kappa shape index (κ1) is 18.6. The van der Waals surface area contributed by atoms with Crippen LogP contribution in [0, 0.1) is 0 Å². The zero-order valence-corrected chi connectivity index (χ0v) is 16.2. The highest BCUT2D eigenvalue weighted by molar-refractivity contribution is 9.10. The topological polar surface area (TPSA) is 43.7 Å². The van der Waals surface area contributed by atoms with E-state index < -0.39 is 12.3 Å². The standard InChI is InChI=1S/C21H26BrNO2/c1-15(20(24)21(25)23-13-5-2-6-14-23)18-7-3-4-8-19(18)16-9-11-17(22)12-10-16/h3-4,7-12,15,20-21,24-25H,2,5-6,13-14H2,1H3. The number of nitrogens with zero attached hydrogens (tertiary/aromatic N) is 1. The molecule has 2 aromatic rings. The third-order valence-electron chi connectivity index (χ3n) is 5.19. The van der Waals surface area contributed by atoms with Crippen LogP contribution in [0.15, 0.2) is 53.0 Å². The van der Waals surface area contributed by atoms with Crippen molar-refractivity contribution in [2.75, 3.05) is 13.1 Å². The largest absolute Gasteiger partial charge is 0.388 e. The van der Waals surface area contributed by atoms with Crippen LogP contribution in [0.4, 0.5) is 0 Å². The molecular weight excluding hydrogens is 378 g/mol. The number of aliphatic hydroxyl groups excluding tert-OH is 2. The van der Waals surface area contributed by atoms with E-state index in [9.17, 15) is 10.2 Å². The van der Waals surface area contributed by atoms with Crippen LogP contribution in [0.2, 0.25) is 0 Å². The second-order valence-corrected chi connectivity index (χ2v) is 7.80. The second-order valence-electron chi connectivity index (χ2n) is 6.88. The summed E-state index contributed by atoms with van der Waals surface area (Å²) in [7, 11) is 0. The second kappa shape index (κ2) is 8.45. The first-order chi connectivity index (χ1) is 12.1. The maximum Gasteiger partial charge on any atom is 0.134 e. The number of benzene rings is 2. The number of halogens is 1. The third kappa shape index (κ3) is 4.32. The fourth-order valence-electron chi connectivity index (χ4n) is 3.63. The lowest BCUT2D eigenvalue weighted by atomic mass is 9.87. The SMILES string of the molecule is CC(c1ccccc1-c1ccc(Br)cc1)C(O)C(O)N1CCCCC1. The van der Waals surface area contributed by atoms with Crippen LogP contribution in [0.5, 0.6) is 0 Å². The van der Waals surface area contributed by atoms with Crippen molar-refractivity contribution in [1.29, 1.82) is 0 Å². The molecule has 3 atom stereocenters. The predicted molar refractivity (Wildman–Crippen MR) is 105 cm³/mol. The van der Waals surface area contributed by atoms with Gasteiger partial charge < -0.3 is 10.2 Å². The van der Waals surface area contributed by atoms with Gasteiger partial charge in [0.2, 0.25) is 0 Å². The molecule has 1 heterocycles. The summed E-state index contributed by atoms with van der Waals surface area (Å²) in [6.07, 6.45) is 1.77. The van der Waals surface area contributed by atoms with E-state index in [1.807, 2.05) is 42.2 Å². The quantitative estimate of drug-likeness (QED) is 0.777. The number of hydrogen-bond acceptors (Lipinski definition) is 3. The van der Waals surface area contributed by atoms with E-state index in [0.29, 0.717) is 0 Å². The minimum Gasteiger partial charge on any atom is -0.388 e. The zero-order chi connectivity index (χ0) is 17.8. The number of piperidine rings is 1. The van der Waals surface area contributed by atoms with E-state index in [4.69, 9.17) is 0 Å². The summed E-state index contributed by atoms with van der Waals surface area (Å²) in [5, 5.41) is 21.4. The Labute approximate surface area is 158 Å². The Bertz CT molecular complexity index is 683. The fourth-order valence-corrected chi connectivity index (χ4v) is 3.89. The fraction of sp³-hybridized carbons (Fsp3) is 0.429. The third-order valence-corrected chi connectivity index (χ3v) is 5.72. The first-order valence-corrected chi connectivity index (χ1v) is 9.82. The lowest BCUT2D eigenvalue weighted by molar-refractivity contribution is -0.0965. The Morgan fingerprint density at radius 2 is 1.56 bits per heavy atom. The summed E-state index contributed by atoms with van der Waals surface area (Å²) in [6.45, 7) is 3.72. The Morgan fingerprint density at radius 3 is 2.24 bits per heavy atom. The van der Waals surface area contributed by atoms with Crippen molar-refractivity contribution >= 4 is 15.9 Å². The molecule has 0 amide bonds. The molecule has 1 aliphatic rings. The van der Waals surface area contributed by atoms with E-state index in [2.05, 4.69) is 34.1 Å². The zero-order valence-electron chi connectivity index (χ0n) is 14.6. The molecule has 0 bridgehead atoms. The smallest absolute Gasteiger partial charge is 0.134 e. The summed E-state index contributed by atoms with van der Waals surface area (Å²) in [6, 6.07) is 16.3. The minimum absolute atomic E-state index is 0.156. The lowest BCUT2D eigenvalue weighted by Gasteiger charge is -2.36. The minimum atomic E-state index is -0.812. The Kier molecular flexibility index (Phi) is 6.29. The average molecular weight is 404 g/mol. The summed E-state index contributed by atoms with van der Waals surface area (Å²) in [5.41, 5.74) is 3.28. The van der Waals surface area contributed by atoms with Crippen molar-refractivity contribution in [2.24, 2.45) is 0 Å². The highest BCUT2D eigenvalue weighted by Gasteiger charge is 2.30. The summed E-state index contributed by atoms with van der Waals surface area (Å²) in [4.78, 5) is 2.01. The van der Waals surface area contributed by atoms with E-state index in [-0.39, 0.29) is 5.92 Å². The Hall–Kier alpha value is -1.20. The van der Waals surface area contributed by atoms with Crippen LogP contribution in [-0.4, -0.2) is 40.5 Å². The van der Waals surface area contributed by atoms with Crippen LogP contribution < -0.4 is 0 Å². The molecule has 2 aromatic carbocycles. The number of rotatable bonds is 5. The van der Waals surface area contributed by atoms with Crippen molar-refractivity contribution in [1.82, 2.24) is 4.90 Å². The highest BCUT2D eigenvalue weighted by atomic mass is 79.9. The van der Waals surface area contributed by atoms with Gasteiger partial charge in [-0.1, -0.05) is 65.7 Å². The van der Waals surface area contributed by atoms with Gasteiger partial charge in [0, 0.05) is 23.5 Å². The van der Waals surface area contributed by atoms with Crippen molar-refractivity contribution in [3.63, 3.8) is 0 Å². The van der Waals surface area contributed by atoms with Gasteiger partial charge in [-0.2, -0.15) is 0 Å². The molecule has 3 unspecified atom stereocenters. The van der Waals surface area contributed by atoms with E-state index in [1.54, 1.807) is 0 Å². The molecule has 25 heavy (non-hydrogen) atoms. The van der Waals surface area contributed by atoms with E-state index >= 15 is 0 Å². The van der Waals surface area contributed by atoms with E-state index in [1.165, 1.54) is 6.42 Å². The molecule has 1 aliphatic heterocycles. The monoisotopic (exact) mass is 403 g/mol. The van der Waals surface area contributed by atoms with Crippen LogP contribution in [-0.2, 0) is 0 Å². The summed E-state index contributed by atoms with van der Waals surface area (Å²) >= 11 is 3.47. The van der Waals surface area contributed by atoms with Gasteiger partial charge in [-0.15, -0.1) is 0 Å². The van der Waals surface area contributed by atoms with Gasteiger partial charge >= 0.3 is 0 Å². The van der Waals surface area contributed by atoms with Crippen LogP contribution in [0.3, 0.4) is 0 Å². The lowest BCUT2D eigenvalue weighted by Crippen LogP contribution is -2.47. The van der Waals surface area contributed by atoms with Gasteiger partial charge in [-0.25, -0.2) is 0 Å². The van der Waals surface area contributed by atoms with E-state index in [0.717, 1.165) is 47.1 Å². The number of hydrogen-bond donors (Lipinski definition) is 2. The summed E-state index contributed by atoms with van der Waals surface area (Å²) in [5.74, 6) is -0.156. The van der Waals surface area contributed by atoms with Crippen LogP contribution >= 0.6 is 15.9 Å². The Morgan fingerprint density at radius 1 is 0.920 bits per heavy atom. The average Bonchev–Trinajstić information content (AvgIpc) is 2.67. The molecule has 1 saturated heterocycles. The molecule has 3 nitrogen and oxygen atoms in total. The molecule has 0 aromatic heterocycles. The molecule has 2 N–H and O–H groups in total. The van der Waals surface area contributed by atoms with Crippen molar-refractivity contribution in [3.05, 3.63) is 58.6 Å². The summed E-state index contributed by atoms with van der Waals surface area (Å²) < 4.78 is 1.04. The molecule has 4 heteroatoms. The molecule has 0 spiro atoms. The first-order valence-electron chi connectivity index (χ1n) is 9.03. The van der Waals surface area contributed by atoms with Gasteiger partial charge in [0.25, 0.3) is 0 Å². The Balaban J connectivity index is 1.84. The molecule has 0 radical (unpaired) electrons. The predicted octanol–water partition coefficient (Wildman–Crippen LogP) is 4.38. The van der Waals surface area contributed by atoms with Gasteiger partial charge in [0.05, 0.1) is 0 Å². The molecule has 3 rings (SSSR count). The maximum absolute atomic E-state index is 10.8. The molecular formula is C21H26BrNO2. The molecule has 1 fully saturated rings. The van der Waals surface area contributed by atoms with Crippen LogP contribution in [0.25, 0.3) is 11.1 Å².